The highest BCUT2D eigenvalue weighted by atomic mass is 79.9. The first-order valence-electron chi connectivity index (χ1n) is 4.58. The Morgan fingerprint density at radius 3 is 2.93 bits per heavy atom. The highest BCUT2D eigenvalue weighted by molar-refractivity contribution is 9.10. The highest BCUT2D eigenvalue weighted by Crippen LogP contribution is 2.23. The molecular weight excluding hydrogens is 246 g/mol. The van der Waals surface area contributed by atoms with Gasteiger partial charge in [0.15, 0.2) is 0 Å². The minimum Gasteiger partial charge on any atom is -0.459 e. The van der Waals surface area contributed by atoms with E-state index in [4.69, 9.17) is 4.74 Å². The van der Waals surface area contributed by atoms with Gasteiger partial charge in [0.25, 0.3) is 0 Å². The molecule has 0 atom stereocenters. The highest BCUT2D eigenvalue weighted by Gasteiger charge is 2.22. The minimum atomic E-state index is -0.252. The molecular formula is C10H10BrNO2. The van der Waals surface area contributed by atoms with Crippen LogP contribution in [-0.2, 0) is 4.74 Å². The van der Waals surface area contributed by atoms with Crippen LogP contribution in [0.4, 0.5) is 0 Å². The molecule has 14 heavy (non-hydrogen) atoms. The lowest BCUT2D eigenvalue weighted by molar-refractivity contribution is 0.00899. The fourth-order valence-electron chi connectivity index (χ4n) is 1.24. The number of pyridine rings is 1. The van der Waals surface area contributed by atoms with Gasteiger partial charge in [-0.05, 0) is 47.3 Å². The van der Waals surface area contributed by atoms with Crippen LogP contribution in [0.25, 0.3) is 0 Å². The van der Waals surface area contributed by atoms with Crippen LogP contribution >= 0.6 is 15.9 Å². The first-order valence-corrected chi connectivity index (χ1v) is 5.37. The van der Waals surface area contributed by atoms with Crippen molar-refractivity contribution in [2.75, 3.05) is 0 Å². The van der Waals surface area contributed by atoms with Crippen molar-refractivity contribution >= 4 is 21.9 Å². The van der Waals surface area contributed by atoms with E-state index in [0.29, 0.717) is 10.2 Å². The van der Waals surface area contributed by atoms with Gasteiger partial charge >= 0.3 is 5.97 Å². The van der Waals surface area contributed by atoms with Gasteiger partial charge in [0.2, 0.25) is 0 Å². The topological polar surface area (TPSA) is 39.2 Å². The lowest BCUT2D eigenvalue weighted by Gasteiger charge is -2.25. The summed E-state index contributed by atoms with van der Waals surface area (Å²) in [5, 5.41) is 0. The first-order chi connectivity index (χ1) is 6.75. The van der Waals surface area contributed by atoms with Gasteiger partial charge in [-0.2, -0.15) is 0 Å². The lowest BCUT2D eigenvalue weighted by atomic mass is 9.96. The maximum Gasteiger partial charge on any atom is 0.338 e. The first kappa shape index (κ1) is 9.65. The van der Waals surface area contributed by atoms with Crippen LogP contribution in [-0.4, -0.2) is 17.1 Å². The molecule has 0 radical (unpaired) electrons. The number of carbonyl (C=O) groups is 1. The number of halogens is 1. The molecule has 0 spiro atoms. The molecule has 0 aromatic carbocycles. The van der Waals surface area contributed by atoms with E-state index in [-0.39, 0.29) is 12.1 Å². The molecule has 74 valence electrons. The summed E-state index contributed by atoms with van der Waals surface area (Å²) in [5.41, 5.74) is 0.554. The molecule has 0 amide bonds. The molecule has 1 aliphatic carbocycles. The van der Waals surface area contributed by atoms with Gasteiger partial charge in [0.1, 0.15) is 10.7 Å². The van der Waals surface area contributed by atoms with E-state index in [0.717, 1.165) is 19.3 Å². The van der Waals surface area contributed by atoms with Crippen molar-refractivity contribution in [3.8, 4) is 0 Å². The van der Waals surface area contributed by atoms with Gasteiger partial charge in [-0.25, -0.2) is 9.78 Å². The molecule has 1 saturated carbocycles. The smallest absolute Gasteiger partial charge is 0.338 e. The second kappa shape index (κ2) is 4.09. The number of hydrogen-bond acceptors (Lipinski definition) is 3. The third-order valence-electron chi connectivity index (χ3n) is 2.29. The molecule has 1 aromatic heterocycles. The van der Waals surface area contributed by atoms with Crippen molar-refractivity contribution in [2.24, 2.45) is 0 Å². The Kier molecular flexibility index (Phi) is 2.82. The Bertz CT molecular complexity index is 350. The summed E-state index contributed by atoms with van der Waals surface area (Å²) >= 11 is 3.21. The van der Waals surface area contributed by atoms with Crippen molar-refractivity contribution < 1.29 is 9.53 Å². The number of nitrogens with zero attached hydrogens (tertiary/aromatic N) is 1. The van der Waals surface area contributed by atoms with Crippen LogP contribution in [0.1, 0.15) is 29.6 Å². The maximum atomic E-state index is 11.5. The molecule has 1 fully saturated rings. The monoisotopic (exact) mass is 255 g/mol. The summed E-state index contributed by atoms with van der Waals surface area (Å²) in [7, 11) is 0. The Balaban J connectivity index is 2.02. The zero-order chi connectivity index (χ0) is 9.97. The predicted molar refractivity (Wildman–Crippen MR) is 55.0 cm³/mol. The fraction of sp³-hybridized carbons (Fsp3) is 0.400. The summed E-state index contributed by atoms with van der Waals surface area (Å²) in [4.78, 5) is 15.5. The molecule has 2 rings (SSSR count). The van der Waals surface area contributed by atoms with Crippen LogP contribution in [0.2, 0.25) is 0 Å². The molecule has 0 bridgehead atoms. The number of ether oxygens (including phenoxy) is 1. The van der Waals surface area contributed by atoms with Crippen LogP contribution in [0.5, 0.6) is 0 Å². The van der Waals surface area contributed by atoms with Crippen LogP contribution < -0.4 is 0 Å². The van der Waals surface area contributed by atoms with Gasteiger partial charge < -0.3 is 4.74 Å². The molecule has 3 nitrogen and oxygen atoms in total. The largest absolute Gasteiger partial charge is 0.459 e. The second-order valence-electron chi connectivity index (χ2n) is 3.33. The Morgan fingerprint density at radius 2 is 2.36 bits per heavy atom. The van der Waals surface area contributed by atoms with Gasteiger partial charge in [0, 0.05) is 6.20 Å². The number of aromatic nitrogens is 1. The Hall–Kier alpha value is -0.900. The molecule has 1 aliphatic rings. The normalized spacial score (nSPS) is 16.1. The van der Waals surface area contributed by atoms with Crippen molar-refractivity contribution in [3.05, 3.63) is 28.5 Å². The molecule has 0 saturated heterocycles. The Labute approximate surface area is 90.6 Å². The van der Waals surface area contributed by atoms with Gasteiger partial charge in [0.05, 0.1) is 5.56 Å². The lowest BCUT2D eigenvalue weighted by Crippen LogP contribution is -2.25. The zero-order valence-corrected chi connectivity index (χ0v) is 9.16. The van der Waals surface area contributed by atoms with Crippen molar-refractivity contribution in [1.82, 2.24) is 4.98 Å². The summed E-state index contributed by atoms with van der Waals surface area (Å²) in [5.74, 6) is -0.252. The summed E-state index contributed by atoms with van der Waals surface area (Å²) < 4.78 is 5.89. The maximum absolute atomic E-state index is 11.5. The summed E-state index contributed by atoms with van der Waals surface area (Å²) in [6.45, 7) is 0. The fourth-order valence-corrected chi connectivity index (χ4v) is 1.60. The average molecular weight is 256 g/mol. The zero-order valence-electron chi connectivity index (χ0n) is 7.57. The van der Waals surface area contributed by atoms with Crippen LogP contribution in [0, 0.1) is 0 Å². The van der Waals surface area contributed by atoms with Crippen molar-refractivity contribution in [2.45, 2.75) is 25.4 Å². The number of rotatable bonds is 2. The van der Waals surface area contributed by atoms with E-state index in [1.807, 2.05) is 0 Å². The summed E-state index contributed by atoms with van der Waals surface area (Å²) in [6.07, 6.45) is 4.88. The van der Waals surface area contributed by atoms with E-state index >= 15 is 0 Å². The number of carbonyl (C=O) groups excluding carboxylic acids is 1. The van der Waals surface area contributed by atoms with Crippen LogP contribution in [0.15, 0.2) is 22.9 Å². The third-order valence-corrected chi connectivity index (χ3v) is 2.72. The minimum absolute atomic E-state index is 0.134. The van der Waals surface area contributed by atoms with Gasteiger partial charge in [-0.3, -0.25) is 0 Å². The van der Waals surface area contributed by atoms with E-state index in [1.165, 1.54) is 0 Å². The second-order valence-corrected chi connectivity index (χ2v) is 4.14. The average Bonchev–Trinajstić information content (AvgIpc) is 2.11. The van der Waals surface area contributed by atoms with E-state index in [2.05, 4.69) is 20.9 Å². The van der Waals surface area contributed by atoms with E-state index in [9.17, 15) is 4.79 Å². The predicted octanol–water partition coefficient (Wildman–Crippen LogP) is 2.55. The van der Waals surface area contributed by atoms with Gasteiger partial charge in [-0.1, -0.05) is 0 Å². The van der Waals surface area contributed by atoms with E-state index < -0.39 is 0 Å². The number of hydrogen-bond donors (Lipinski definition) is 0. The summed E-state index contributed by atoms with van der Waals surface area (Å²) in [6, 6.07) is 3.33. The molecule has 4 heteroatoms. The molecule has 0 unspecified atom stereocenters. The molecule has 1 aromatic rings. The van der Waals surface area contributed by atoms with Crippen molar-refractivity contribution in [3.63, 3.8) is 0 Å². The Morgan fingerprint density at radius 1 is 1.57 bits per heavy atom. The molecule has 1 heterocycles. The van der Waals surface area contributed by atoms with E-state index in [1.54, 1.807) is 18.3 Å². The molecule has 0 aliphatic heterocycles. The van der Waals surface area contributed by atoms with Crippen molar-refractivity contribution in [1.29, 1.82) is 0 Å². The standard InChI is InChI=1S/C10H10BrNO2/c11-9-6-7(4-5-12-9)10(13)14-8-2-1-3-8/h4-6,8H,1-3H2. The van der Waals surface area contributed by atoms with Crippen LogP contribution in [0.3, 0.4) is 0 Å². The van der Waals surface area contributed by atoms with Gasteiger partial charge in [-0.15, -0.1) is 0 Å². The number of esters is 1. The third kappa shape index (κ3) is 2.12. The quantitative estimate of drug-likeness (QED) is 0.603. The molecule has 0 N–H and O–H groups in total. The SMILES string of the molecule is O=C(OC1CCC1)c1ccnc(Br)c1.